The standard InChI is InChI=1S/C13H13O2P/c1-2-9-15-12-8-10-16(14,11-12)13-6-4-3-5-7-13/h1,3-8,10,12H,9,11H2/t12-,16?/m1/s1. The molecule has 3 heteroatoms. The van der Waals surface area contributed by atoms with Crippen molar-refractivity contribution in [2.45, 2.75) is 6.10 Å². The zero-order chi connectivity index (χ0) is 11.4. The van der Waals surface area contributed by atoms with Gasteiger partial charge in [-0.1, -0.05) is 42.3 Å². The minimum Gasteiger partial charge on any atom is -0.361 e. The molecule has 0 fully saturated rings. The van der Waals surface area contributed by atoms with Gasteiger partial charge >= 0.3 is 0 Å². The summed E-state index contributed by atoms with van der Waals surface area (Å²) in [7, 11) is -2.39. The first-order valence-corrected chi connectivity index (χ1v) is 7.09. The lowest BCUT2D eigenvalue weighted by molar-refractivity contribution is 0.131. The van der Waals surface area contributed by atoms with Crippen molar-refractivity contribution in [3.63, 3.8) is 0 Å². The number of ether oxygens (including phenoxy) is 1. The molecule has 0 N–H and O–H groups in total. The van der Waals surface area contributed by atoms with E-state index in [-0.39, 0.29) is 12.7 Å². The monoisotopic (exact) mass is 232 g/mol. The SMILES string of the molecule is C#CCO[C@@H]1C=CP(=O)(c2ccccc2)C1. The maximum Gasteiger partial charge on any atom is 0.139 e. The first kappa shape index (κ1) is 11.2. The van der Waals surface area contributed by atoms with E-state index in [0.717, 1.165) is 5.30 Å². The molecule has 0 bridgehead atoms. The van der Waals surface area contributed by atoms with Crippen LogP contribution in [0.4, 0.5) is 0 Å². The van der Waals surface area contributed by atoms with Crippen molar-refractivity contribution in [1.29, 1.82) is 0 Å². The molecular weight excluding hydrogens is 219 g/mol. The highest BCUT2D eigenvalue weighted by Gasteiger charge is 2.30. The summed E-state index contributed by atoms with van der Waals surface area (Å²) in [6, 6.07) is 9.52. The van der Waals surface area contributed by atoms with Crippen LogP contribution in [0.3, 0.4) is 0 Å². The smallest absolute Gasteiger partial charge is 0.139 e. The fourth-order valence-corrected chi connectivity index (χ4v) is 4.17. The van der Waals surface area contributed by atoms with E-state index in [0.29, 0.717) is 6.16 Å². The van der Waals surface area contributed by atoms with Crippen molar-refractivity contribution in [1.82, 2.24) is 0 Å². The van der Waals surface area contributed by atoms with E-state index >= 15 is 0 Å². The molecule has 1 aliphatic rings. The predicted octanol–water partition coefficient (Wildman–Crippen LogP) is 2.22. The van der Waals surface area contributed by atoms with Crippen LogP contribution in [0, 0.1) is 12.3 Å². The Morgan fingerprint density at radius 2 is 2.19 bits per heavy atom. The van der Waals surface area contributed by atoms with Crippen LogP contribution in [0.1, 0.15) is 0 Å². The molecule has 0 aromatic heterocycles. The second-order valence-corrected chi connectivity index (χ2v) is 6.48. The highest BCUT2D eigenvalue weighted by molar-refractivity contribution is 7.74. The Bertz CT molecular complexity index is 470. The summed E-state index contributed by atoms with van der Waals surface area (Å²) in [6.07, 6.45) is 7.39. The third-order valence-electron chi connectivity index (χ3n) is 2.57. The van der Waals surface area contributed by atoms with Gasteiger partial charge in [-0.25, -0.2) is 0 Å². The molecule has 1 aromatic carbocycles. The molecule has 2 rings (SSSR count). The van der Waals surface area contributed by atoms with E-state index in [4.69, 9.17) is 11.2 Å². The third kappa shape index (κ3) is 2.27. The summed E-state index contributed by atoms with van der Waals surface area (Å²) < 4.78 is 17.9. The van der Waals surface area contributed by atoms with Crippen molar-refractivity contribution in [2.24, 2.45) is 0 Å². The molecule has 1 aromatic rings. The molecule has 0 saturated heterocycles. The maximum atomic E-state index is 12.6. The lowest BCUT2D eigenvalue weighted by Crippen LogP contribution is -2.14. The van der Waals surface area contributed by atoms with Gasteiger partial charge in [0.25, 0.3) is 0 Å². The van der Waals surface area contributed by atoms with Gasteiger partial charge in [0.1, 0.15) is 13.7 Å². The van der Waals surface area contributed by atoms with Crippen LogP contribution in [-0.4, -0.2) is 18.9 Å². The molecule has 1 heterocycles. The first-order chi connectivity index (χ1) is 7.74. The van der Waals surface area contributed by atoms with Crippen LogP contribution in [0.25, 0.3) is 0 Å². The van der Waals surface area contributed by atoms with Gasteiger partial charge in [0.15, 0.2) is 0 Å². The molecule has 0 radical (unpaired) electrons. The molecule has 0 aliphatic carbocycles. The Kier molecular flexibility index (Phi) is 3.29. The fourth-order valence-electron chi connectivity index (χ4n) is 1.76. The molecule has 82 valence electrons. The molecular formula is C13H13O2P. The van der Waals surface area contributed by atoms with E-state index < -0.39 is 7.14 Å². The van der Waals surface area contributed by atoms with Crippen molar-refractivity contribution in [3.05, 3.63) is 42.2 Å². The van der Waals surface area contributed by atoms with Gasteiger partial charge in [-0.3, -0.25) is 0 Å². The van der Waals surface area contributed by atoms with Gasteiger partial charge < -0.3 is 9.30 Å². The van der Waals surface area contributed by atoms with Crippen LogP contribution in [0.5, 0.6) is 0 Å². The topological polar surface area (TPSA) is 26.3 Å². The summed E-state index contributed by atoms with van der Waals surface area (Å²) >= 11 is 0. The number of terminal acetylenes is 1. The van der Waals surface area contributed by atoms with Gasteiger partial charge in [-0.2, -0.15) is 0 Å². The van der Waals surface area contributed by atoms with Gasteiger partial charge in [0.2, 0.25) is 0 Å². The van der Waals surface area contributed by atoms with E-state index in [1.165, 1.54) is 0 Å². The van der Waals surface area contributed by atoms with Gasteiger partial charge in [0, 0.05) is 11.5 Å². The molecule has 2 nitrogen and oxygen atoms in total. The van der Waals surface area contributed by atoms with Crippen LogP contribution < -0.4 is 5.30 Å². The lowest BCUT2D eigenvalue weighted by Gasteiger charge is -2.12. The van der Waals surface area contributed by atoms with Crippen LogP contribution in [-0.2, 0) is 9.30 Å². The molecule has 0 saturated carbocycles. The van der Waals surface area contributed by atoms with E-state index in [1.54, 1.807) is 5.82 Å². The van der Waals surface area contributed by atoms with E-state index in [1.807, 2.05) is 36.4 Å². The Balaban J connectivity index is 2.11. The quantitative estimate of drug-likeness (QED) is 0.590. The van der Waals surface area contributed by atoms with Crippen LogP contribution in [0.2, 0.25) is 0 Å². The summed E-state index contributed by atoms with van der Waals surface area (Å²) in [5.74, 6) is 4.20. The minimum atomic E-state index is -2.39. The molecule has 2 atom stereocenters. The highest BCUT2D eigenvalue weighted by Crippen LogP contribution is 2.51. The summed E-state index contributed by atoms with van der Waals surface area (Å²) in [4.78, 5) is 0. The van der Waals surface area contributed by atoms with Gasteiger partial charge in [-0.15, -0.1) is 6.42 Å². The van der Waals surface area contributed by atoms with Crippen molar-refractivity contribution < 1.29 is 9.30 Å². The predicted molar refractivity (Wildman–Crippen MR) is 66.3 cm³/mol. The lowest BCUT2D eigenvalue weighted by atomic mass is 10.4. The van der Waals surface area contributed by atoms with Gasteiger partial charge in [-0.05, 0) is 5.82 Å². The summed E-state index contributed by atoms with van der Waals surface area (Å²) in [6.45, 7) is 0.268. The zero-order valence-corrected chi connectivity index (χ0v) is 9.77. The Morgan fingerprint density at radius 1 is 1.44 bits per heavy atom. The Hall–Kier alpha value is -1.29. The number of rotatable bonds is 3. The van der Waals surface area contributed by atoms with Crippen molar-refractivity contribution in [2.75, 3.05) is 12.8 Å². The van der Waals surface area contributed by atoms with Crippen LogP contribution >= 0.6 is 7.14 Å². The second kappa shape index (κ2) is 4.70. The molecule has 1 aliphatic heterocycles. The first-order valence-electron chi connectivity index (χ1n) is 5.13. The zero-order valence-electron chi connectivity index (χ0n) is 8.87. The summed E-state index contributed by atoms with van der Waals surface area (Å²) in [5, 5.41) is 0.887. The molecule has 16 heavy (non-hydrogen) atoms. The number of hydrogen-bond acceptors (Lipinski definition) is 2. The minimum absolute atomic E-state index is 0.109. The largest absolute Gasteiger partial charge is 0.361 e. The normalized spacial score (nSPS) is 27.8. The molecule has 0 spiro atoms. The highest BCUT2D eigenvalue weighted by atomic mass is 31.2. The van der Waals surface area contributed by atoms with Crippen molar-refractivity contribution in [3.8, 4) is 12.3 Å². The summed E-state index contributed by atoms with van der Waals surface area (Å²) in [5.41, 5.74) is 0. The average Bonchev–Trinajstić information content (AvgIpc) is 2.71. The third-order valence-corrected chi connectivity index (χ3v) is 5.30. The maximum absolute atomic E-state index is 12.6. The average molecular weight is 232 g/mol. The van der Waals surface area contributed by atoms with Crippen LogP contribution in [0.15, 0.2) is 42.2 Å². The van der Waals surface area contributed by atoms with E-state index in [2.05, 4.69) is 5.92 Å². The van der Waals surface area contributed by atoms with Crippen molar-refractivity contribution >= 4 is 12.4 Å². The Labute approximate surface area is 95.7 Å². The fraction of sp³-hybridized carbons (Fsp3) is 0.231. The molecule has 0 amide bonds. The Morgan fingerprint density at radius 3 is 2.88 bits per heavy atom. The number of benzene rings is 1. The van der Waals surface area contributed by atoms with Gasteiger partial charge in [0.05, 0.1) is 6.10 Å². The van der Waals surface area contributed by atoms with E-state index in [9.17, 15) is 4.57 Å². The number of hydrogen-bond donors (Lipinski definition) is 0. The molecule has 1 unspecified atom stereocenters. The second-order valence-electron chi connectivity index (χ2n) is 3.71.